The second kappa shape index (κ2) is 3.88. The van der Waals surface area contributed by atoms with Crippen molar-refractivity contribution in [2.75, 3.05) is 18.1 Å². The smallest absolute Gasteiger partial charge is 0.320 e. The Morgan fingerprint density at radius 1 is 1.31 bits per heavy atom. The number of likely N-dealkylation sites (tertiary alicyclic amines) is 1. The van der Waals surface area contributed by atoms with E-state index in [0.717, 1.165) is 13.0 Å². The number of carboxylic acids is 1. The van der Waals surface area contributed by atoms with Gasteiger partial charge >= 0.3 is 5.97 Å². The van der Waals surface area contributed by atoms with Gasteiger partial charge in [0.15, 0.2) is 0 Å². The van der Waals surface area contributed by atoms with E-state index < -0.39 is 5.97 Å². The Morgan fingerprint density at radius 3 is 2.46 bits per heavy atom. The minimum Gasteiger partial charge on any atom is -0.480 e. The van der Waals surface area contributed by atoms with Gasteiger partial charge < -0.3 is 5.11 Å². The first kappa shape index (κ1) is 9.34. The highest BCUT2D eigenvalue weighted by molar-refractivity contribution is 7.99. The Morgan fingerprint density at radius 2 is 2.00 bits per heavy atom. The second-order valence-corrected chi connectivity index (χ2v) is 4.95. The van der Waals surface area contributed by atoms with Crippen molar-refractivity contribution in [3.8, 4) is 0 Å². The summed E-state index contributed by atoms with van der Waals surface area (Å²) in [5.74, 6) is 1.77. The maximum atomic E-state index is 10.8. The molecule has 1 unspecified atom stereocenters. The van der Waals surface area contributed by atoms with Crippen LogP contribution < -0.4 is 0 Å². The molecule has 0 aromatic rings. The standard InChI is InChI=1S/C9H15NO2S/c11-9(12)8-1-4-10(8)7-2-5-13-6-3-7/h7-8H,1-6H2,(H,11,12). The monoisotopic (exact) mass is 201 g/mol. The van der Waals surface area contributed by atoms with Crippen LogP contribution in [0.4, 0.5) is 0 Å². The summed E-state index contributed by atoms with van der Waals surface area (Å²) in [5, 5.41) is 8.89. The molecule has 2 fully saturated rings. The summed E-state index contributed by atoms with van der Waals surface area (Å²) in [6.45, 7) is 0.992. The van der Waals surface area contributed by atoms with Gasteiger partial charge in [0.05, 0.1) is 0 Å². The summed E-state index contributed by atoms with van der Waals surface area (Å²) in [5.41, 5.74) is 0. The van der Waals surface area contributed by atoms with Gasteiger partial charge in [0.2, 0.25) is 0 Å². The van der Waals surface area contributed by atoms with Crippen LogP contribution in [-0.2, 0) is 4.79 Å². The summed E-state index contributed by atoms with van der Waals surface area (Å²) in [6.07, 6.45) is 3.20. The van der Waals surface area contributed by atoms with E-state index >= 15 is 0 Å². The van der Waals surface area contributed by atoms with Gasteiger partial charge in [0.1, 0.15) is 6.04 Å². The molecule has 3 nitrogen and oxygen atoms in total. The SMILES string of the molecule is O=C(O)C1CCN1C1CCSCC1. The van der Waals surface area contributed by atoms with E-state index in [9.17, 15) is 4.79 Å². The molecule has 0 aromatic heterocycles. The average molecular weight is 201 g/mol. The van der Waals surface area contributed by atoms with Crippen molar-refractivity contribution >= 4 is 17.7 Å². The molecule has 0 radical (unpaired) electrons. The Kier molecular flexibility index (Phi) is 2.79. The molecule has 1 atom stereocenters. The van der Waals surface area contributed by atoms with Gasteiger partial charge in [-0.3, -0.25) is 9.69 Å². The Bertz CT molecular complexity index is 204. The van der Waals surface area contributed by atoms with E-state index in [1.165, 1.54) is 24.3 Å². The molecule has 0 aromatic carbocycles. The molecule has 0 amide bonds. The molecular formula is C9H15NO2S. The lowest BCUT2D eigenvalue weighted by molar-refractivity contribution is -0.150. The zero-order chi connectivity index (χ0) is 9.26. The minimum absolute atomic E-state index is 0.173. The van der Waals surface area contributed by atoms with Crippen molar-refractivity contribution < 1.29 is 9.90 Å². The fourth-order valence-electron chi connectivity index (χ4n) is 2.13. The molecule has 2 rings (SSSR count). The summed E-state index contributed by atoms with van der Waals surface area (Å²) in [4.78, 5) is 13.0. The largest absolute Gasteiger partial charge is 0.480 e. The van der Waals surface area contributed by atoms with Crippen LogP contribution in [0.25, 0.3) is 0 Å². The normalized spacial score (nSPS) is 31.2. The Labute approximate surface area is 82.5 Å². The molecule has 0 bridgehead atoms. The highest BCUT2D eigenvalue weighted by Gasteiger charge is 2.38. The molecule has 0 spiro atoms. The third kappa shape index (κ3) is 1.83. The maximum Gasteiger partial charge on any atom is 0.320 e. The fourth-order valence-corrected chi connectivity index (χ4v) is 3.21. The molecule has 1 N–H and O–H groups in total. The lowest BCUT2D eigenvalue weighted by Gasteiger charge is -2.45. The van der Waals surface area contributed by atoms with Crippen LogP contribution in [0.2, 0.25) is 0 Å². The van der Waals surface area contributed by atoms with Crippen LogP contribution in [0.3, 0.4) is 0 Å². The number of hydrogen-bond donors (Lipinski definition) is 1. The number of aliphatic carboxylic acids is 1. The van der Waals surface area contributed by atoms with Gasteiger partial charge in [-0.05, 0) is 30.8 Å². The highest BCUT2D eigenvalue weighted by Crippen LogP contribution is 2.29. The molecule has 2 saturated heterocycles. The number of nitrogens with zero attached hydrogens (tertiary/aromatic N) is 1. The van der Waals surface area contributed by atoms with E-state index in [2.05, 4.69) is 4.90 Å². The lowest BCUT2D eigenvalue weighted by Crippen LogP contribution is -2.57. The van der Waals surface area contributed by atoms with Gasteiger partial charge in [-0.25, -0.2) is 0 Å². The third-order valence-corrected chi connectivity index (χ3v) is 4.05. The predicted octanol–water partition coefficient (Wildman–Crippen LogP) is 1.04. The van der Waals surface area contributed by atoms with Gasteiger partial charge in [0.25, 0.3) is 0 Å². The van der Waals surface area contributed by atoms with Crippen LogP contribution in [0.1, 0.15) is 19.3 Å². The Hall–Kier alpha value is -0.220. The van der Waals surface area contributed by atoms with Gasteiger partial charge in [-0.2, -0.15) is 11.8 Å². The number of thioether (sulfide) groups is 1. The molecule has 2 aliphatic rings. The predicted molar refractivity (Wildman–Crippen MR) is 53.1 cm³/mol. The summed E-state index contributed by atoms with van der Waals surface area (Å²) < 4.78 is 0. The van der Waals surface area contributed by atoms with Gasteiger partial charge in [-0.15, -0.1) is 0 Å². The molecule has 13 heavy (non-hydrogen) atoms. The topological polar surface area (TPSA) is 40.5 Å². The Balaban J connectivity index is 1.89. The summed E-state index contributed by atoms with van der Waals surface area (Å²) in [7, 11) is 0. The van der Waals surface area contributed by atoms with Crippen LogP contribution >= 0.6 is 11.8 Å². The first-order valence-corrected chi connectivity index (χ1v) is 6.01. The molecule has 0 saturated carbocycles. The van der Waals surface area contributed by atoms with Crippen molar-refractivity contribution in [3.05, 3.63) is 0 Å². The van der Waals surface area contributed by atoms with Gasteiger partial charge in [0, 0.05) is 12.6 Å². The molecular weight excluding hydrogens is 186 g/mol. The van der Waals surface area contributed by atoms with Crippen LogP contribution in [0, 0.1) is 0 Å². The second-order valence-electron chi connectivity index (χ2n) is 3.72. The lowest BCUT2D eigenvalue weighted by atomic mass is 9.97. The van der Waals surface area contributed by atoms with Crippen molar-refractivity contribution in [3.63, 3.8) is 0 Å². The van der Waals surface area contributed by atoms with E-state index in [0.29, 0.717) is 6.04 Å². The summed E-state index contributed by atoms with van der Waals surface area (Å²) in [6, 6.07) is 0.379. The van der Waals surface area contributed by atoms with E-state index in [4.69, 9.17) is 5.11 Å². The molecule has 74 valence electrons. The minimum atomic E-state index is -0.635. The molecule has 0 aliphatic carbocycles. The highest BCUT2D eigenvalue weighted by atomic mass is 32.2. The van der Waals surface area contributed by atoms with E-state index in [1.54, 1.807) is 0 Å². The van der Waals surface area contributed by atoms with E-state index in [1.807, 2.05) is 11.8 Å². The number of hydrogen-bond acceptors (Lipinski definition) is 3. The number of carboxylic acid groups (broad SMARTS) is 1. The van der Waals surface area contributed by atoms with Gasteiger partial charge in [-0.1, -0.05) is 0 Å². The number of rotatable bonds is 2. The van der Waals surface area contributed by atoms with Crippen molar-refractivity contribution in [1.29, 1.82) is 0 Å². The molecule has 2 aliphatic heterocycles. The fraction of sp³-hybridized carbons (Fsp3) is 0.889. The first-order chi connectivity index (χ1) is 6.29. The van der Waals surface area contributed by atoms with Crippen molar-refractivity contribution in [2.45, 2.75) is 31.3 Å². The summed E-state index contributed by atoms with van der Waals surface area (Å²) >= 11 is 1.99. The molecule has 2 heterocycles. The first-order valence-electron chi connectivity index (χ1n) is 4.85. The van der Waals surface area contributed by atoms with Crippen LogP contribution in [0.15, 0.2) is 0 Å². The number of carbonyl (C=O) groups is 1. The van der Waals surface area contributed by atoms with Crippen molar-refractivity contribution in [1.82, 2.24) is 4.90 Å². The zero-order valence-electron chi connectivity index (χ0n) is 7.61. The van der Waals surface area contributed by atoms with Crippen molar-refractivity contribution in [2.24, 2.45) is 0 Å². The average Bonchev–Trinajstić information content (AvgIpc) is 2.02. The molecule has 4 heteroatoms. The van der Waals surface area contributed by atoms with Crippen LogP contribution in [-0.4, -0.2) is 46.1 Å². The van der Waals surface area contributed by atoms with Crippen LogP contribution in [0.5, 0.6) is 0 Å². The van der Waals surface area contributed by atoms with E-state index in [-0.39, 0.29) is 6.04 Å². The maximum absolute atomic E-state index is 10.8. The quantitative estimate of drug-likeness (QED) is 0.724. The zero-order valence-corrected chi connectivity index (χ0v) is 8.42. The third-order valence-electron chi connectivity index (χ3n) is 3.01.